The van der Waals surface area contributed by atoms with Crippen molar-refractivity contribution in [3.05, 3.63) is 35.9 Å². The van der Waals surface area contributed by atoms with Gasteiger partial charge in [0.15, 0.2) is 11.6 Å². The number of ether oxygens (including phenoxy) is 1. The smallest absolute Gasteiger partial charge is 0.222 e. The Morgan fingerprint density at radius 2 is 2.32 bits per heavy atom. The molecule has 0 saturated heterocycles. The first-order valence-corrected chi connectivity index (χ1v) is 7.02. The van der Waals surface area contributed by atoms with Crippen LogP contribution in [0.5, 0.6) is 5.75 Å². The van der Waals surface area contributed by atoms with Crippen LogP contribution >= 0.6 is 0 Å². The molecule has 0 aliphatic carbocycles. The maximum Gasteiger partial charge on any atom is 0.222 e. The van der Waals surface area contributed by atoms with E-state index in [9.17, 15) is 9.18 Å². The van der Waals surface area contributed by atoms with Crippen LogP contribution in [-0.2, 0) is 11.3 Å². The maximum absolute atomic E-state index is 13.8. The molecule has 8 heteroatoms. The number of rotatable bonds is 7. The van der Waals surface area contributed by atoms with Crippen LogP contribution in [0, 0.1) is 5.82 Å². The summed E-state index contributed by atoms with van der Waals surface area (Å²) in [4.78, 5) is 11.9. The summed E-state index contributed by atoms with van der Waals surface area (Å²) in [5, 5.41) is 13.5. The van der Waals surface area contributed by atoms with Crippen molar-refractivity contribution in [3.63, 3.8) is 0 Å². The number of benzene rings is 1. The fourth-order valence-electron chi connectivity index (χ4n) is 1.95. The van der Waals surface area contributed by atoms with Gasteiger partial charge in [0.25, 0.3) is 0 Å². The van der Waals surface area contributed by atoms with Gasteiger partial charge in [-0.2, -0.15) is 0 Å². The highest BCUT2D eigenvalue weighted by Gasteiger charge is 2.12. The van der Waals surface area contributed by atoms with Crippen molar-refractivity contribution < 1.29 is 13.9 Å². The molecule has 118 valence electrons. The number of aromatic nitrogens is 4. The van der Waals surface area contributed by atoms with E-state index in [0.717, 1.165) is 0 Å². The molecule has 0 bridgehead atoms. The van der Waals surface area contributed by atoms with Crippen LogP contribution in [0.1, 0.15) is 31.9 Å². The van der Waals surface area contributed by atoms with Gasteiger partial charge in [0, 0.05) is 6.42 Å². The number of amides is 1. The minimum atomic E-state index is -0.436. The van der Waals surface area contributed by atoms with Crippen molar-refractivity contribution in [2.45, 2.75) is 32.9 Å². The van der Waals surface area contributed by atoms with Crippen LogP contribution in [0.25, 0.3) is 0 Å². The Balaban J connectivity index is 1.89. The minimum Gasteiger partial charge on any atom is -0.491 e. The molecule has 2 rings (SSSR count). The van der Waals surface area contributed by atoms with Gasteiger partial charge in [0.05, 0.1) is 19.2 Å². The van der Waals surface area contributed by atoms with Crippen LogP contribution in [0.3, 0.4) is 0 Å². The highest BCUT2D eigenvalue weighted by molar-refractivity contribution is 5.76. The van der Waals surface area contributed by atoms with Crippen molar-refractivity contribution in [2.24, 2.45) is 0 Å². The SMILES string of the molecule is CCOc1ccc(C(C)NC(=O)CCn2cnnn2)cc1F. The van der Waals surface area contributed by atoms with Crippen molar-refractivity contribution in [2.75, 3.05) is 6.61 Å². The molecule has 1 atom stereocenters. The molecule has 1 amide bonds. The van der Waals surface area contributed by atoms with Gasteiger partial charge >= 0.3 is 0 Å². The third kappa shape index (κ3) is 4.24. The Hall–Kier alpha value is -2.51. The highest BCUT2D eigenvalue weighted by Crippen LogP contribution is 2.22. The second kappa shape index (κ2) is 7.48. The summed E-state index contributed by atoms with van der Waals surface area (Å²) in [5.74, 6) is -0.380. The first kappa shape index (κ1) is 15.9. The molecule has 1 aromatic heterocycles. The maximum atomic E-state index is 13.8. The van der Waals surface area contributed by atoms with E-state index in [2.05, 4.69) is 20.8 Å². The Bertz CT molecular complexity index is 618. The molecule has 7 nitrogen and oxygen atoms in total. The molecule has 1 N–H and O–H groups in total. The van der Waals surface area contributed by atoms with E-state index in [1.807, 2.05) is 0 Å². The lowest BCUT2D eigenvalue weighted by atomic mass is 10.1. The summed E-state index contributed by atoms with van der Waals surface area (Å²) in [6.07, 6.45) is 1.69. The molecule has 1 aromatic carbocycles. The Labute approximate surface area is 127 Å². The van der Waals surface area contributed by atoms with Crippen LogP contribution in [0.4, 0.5) is 4.39 Å². The summed E-state index contributed by atoms with van der Waals surface area (Å²) >= 11 is 0. The van der Waals surface area contributed by atoms with Crippen molar-refractivity contribution >= 4 is 5.91 Å². The minimum absolute atomic E-state index is 0.155. The van der Waals surface area contributed by atoms with E-state index in [-0.39, 0.29) is 24.1 Å². The summed E-state index contributed by atoms with van der Waals surface area (Å²) in [5.41, 5.74) is 0.678. The Morgan fingerprint density at radius 3 is 2.95 bits per heavy atom. The monoisotopic (exact) mass is 307 g/mol. The van der Waals surface area contributed by atoms with E-state index in [4.69, 9.17) is 4.74 Å². The zero-order chi connectivity index (χ0) is 15.9. The predicted molar refractivity (Wildman–Crippen MR) is 76.6 cm³/mol. The molecule has 0 spiro atoms. The standard InChI is InChI=1S/C14H18FN5O2/c1-3-22-13-5-4-11(8-12(13)15)10(2)17-14(21)6-7-20-9-16-18-19-20/h4-5,8-10H,3,6-7H2,1-2H3,(H,17,21). The fourth-order valence-corrected chi connectivity index (χ4v) is 1.95. The number of hydrogen-bond donors (Lipinski definition) is 1. The van der Waals surface area contributed by atoms with Crippen molar-refractivity contribution in [3.8, 4) is 5.75 Å². The lowest BCUT2D eigenvalue weighted by Gasteiger charge is -2.15. The van der Waals surface area contributed by atoms with Gasteiger partial charge in [-0.25, -0.2) is 9.07 Å². The molecule has 0 fully saturated rings. The van der Waals surface area contributed by atoms with Gasteiger partial charge in [-0.1, -0.05) is 6.07 Å². The number of carbonyl (C=O) groups is 1. The third-order valence-corrected chi connectivity index (χ3v) is 3.09. The zero-order valence-electron chi connectivity index (χ0n) is 12.5. The van der Waals surface area contributed by atoms with E-state index >= 15 is 0 Å². The summed E-state index contributed by atoms with van der Waals surface area (Å²) in [6, 6.07) is 4.38. The van der Waals surface area contributed by atoms with Gasteiger partial charge in [-0.05, 0) is 42.0 Å². The summed E-state index contributed by atoms with van der Waals surface area (Å²) < 4.78 is 20.4. The van der Waals surface area contributed by atoms with Crippen molar-refractivity contribution in [1.82, 2.24) is 25.5 Å². The second-order valence-electron chi connectivity index (χ2n) is 4.73. The average Bonchev–Trinajstić information content (AvgIpc) is 3.00. The summed E-state index contributed by atoms with van der Waals surface area (Å²) in [7, 11) is 0. The third-order valence-electron chi connectivity index (χ3n) is 3.09. The highest BCUT2D eigenvalue weighted by atomic mass is 19.1. The molecular weight excluding hydrogens is 289 g/mol. The molecule has 2 aromatic rings. The predicted octanol–water partition coefficient (Wildman–Crippen LogP) is 1.48. The fraction of sp³-hybridized carbons (Fsp3) is 0.429. The van der Waals surface area contributed by atoms with E-state index in [1.54, 1.807) is 26.0 Å². The summed E-state index contributed by atoms with van der Waals surface area (Å²) in [6.45, 7) is 4.38. The lowest BCUT2D eigenvalue weighted by molar-refractivity contribution is -0.122. The molecule has 0 radical (unpaired) electrons. The first-order chi connectivity index (χ1) is 10.6. The number of nitrogens with zero attached hydrogens (tertiary/aromatic N) is 4. The molecular formula is C14H18FN5O2. The van der Waals surface area contributed by atoms with Gasteiger partial charge in [-0.15, -0.1) is 5.10 Å². The van der Waals surface area contributed by atoms with E-state index in [0.29, 0.717) is 18.7 Å². The van der Waals surface area contributed by atoms with Crippen LogP contribution in [0.15, 0.2) is 24.5 Å². The largest absolute Gasteiger partial charge is 0.491 e. The van der Waals surface area contributed by atoms with Gasteiger partial charge in [-0.3, -0.25) is 4.79 Å². The topological polar surface area (TPSA) is 81.9 Å². The lowest BCUT2D eigenvalue weighted by Crippen LogP contribution is -2.27. The van der Waals surface area contributed by atoms with E-state index in [1.165, 1.54) is 17.1 Å². The van der Waals surface area contributed by atoms with Crippen LogP contribution < -0.4 is 10.1 Å². The molecule has 1 heterocycles. The normalized spacial score (nSPS) is 12.0. The first-order valence-electron chi connectivity index (χ1n) is 7.02. The second-order valence-corrected chi connectivity index (χ2v) is 4.73. The number of aryl methyl sites for hydroxylation is 1. The van der Waals surface area contributed by atoms with E-state index < -0.39 is 5.82 Å². The van der Waals surface area contributed by atoms with Gasteiger partial charge in [0.2, 0.25) is 5.91 Å². The number of nitrogens with one attached hydrogen (secondary N) is 1. The van der Waals surface area contributed by atoms with Crippen LogP contribution in [0.2, 0.25) is 0 Å². The number of tetrazole rings is 1. The number of carbonyl (C=O) groups excluding carboxylic acids is 1. The molecule has 1 unspecified atom stereocenters. The zero-order valence-corrected chi connectivity index (χ0v) is 12.5. The molecule has 0 aliphatic rings. The molecule has 22 heavy (non-hydrogen) atoms. The molecule has 0 aliphatic heterocycles. The van der Waals surface area contributed by atoms with Gasteiger partial charge in [0.1, 0.15) is 6.33 Å². The molecule has 0 saturated carbocycles. The quantitative estimate of drug-likeness (QED) is 0.838. The van der Waals surface area contributed by atoms with Crippen LogP contribution in [-0.4, -0.2) is 32.7 Å². The average molecular weight is 307 g/mol. The number of hydrogen-bond acceptors (Lipinski definition) is 5. The number of halogens is 1. The van der Waals surface area contributed by atoms with Crippen molar-refractivity contribution in [1.29, 1.82) is 0 Å². The van der Waals surface area contributed by atoms with Gasteiger partial charge < -0.3 is 10.1 Å². The Kier molecular flexibility index (Phi) is 5.40. The Morgan fingerprint density at radius 1 is 1.50 bits per heavy atom.